The SMILES string of the molecule is CCN(CC)CCC1CCCN1CCN. The van der Waals surface area contributed by atoms with E-state index in [1.165, 1.54) is 45.4 Å². The first kappa shape index (κ1) is 12.9. The second kappa shape index (κ2) is 7.20. The van der Waals surface area contributed by atoms with Gasteiger partial charge in [-0.3, -0.25) is 4.90 Å². The maximum atomic E-state index is 5.63. The minimum absolute atomic E-state index is 0.800. The molecule has 3 nitrogen and oxygen atoms in total. The largest absolute Gasteiger partial charge is 0.329 e. The summed E-state index contributed by atoms with van der Waals surface area (Å²) in [5, 5.41) is 0. The summed E-state index contributed by atoms with van der Waals surface area (Å²) in [4.78, 5) is 5.09. The van der Waals surface area contributed by atoms with Crippen molar-refractivity contribution in [1.29, 1.82) is 0 Å². The van der Waals surface area contributed by atoms with Gasteiger partial charge in [-0.2, -0.15) is 0 Å². The van der Waals surface area contributed by atoms with Gasteiger partial charge >= 0.3 is 0 Å². The zero-order valence-electron chi connectivity index (χ0n) is 10.4. The Balaban J connectivity index is 2.24. The van der Waals surface area contributed by atoms with Gasteiger partial charge in [0.2, 0.25) is 0 Å². The lowest BCUT2D eigenvalue weighted by Gasteiger charge is -2.26. The highest BCUT2D eigenvalue weighted by Gasteiger charge is 2.23. The van der Waals surface area contributed by atoms with Crippen LogP contribution in [0.1, 0.15) is 33.1 Å². The van der Waals surface area contributed by atoms with E-state index >= 15 is 0 Å². The Hall–Kier alpha value is -0.120. The third kappa shape index (κ3) is 4.09. The Bertz CT molecular complexity index is 157. The van der Waals surface area contributed by atoms with Gasteiger partial charge in [0.15, 0.2) is 0 Å². The van der Waals surface area contributed by atoms with E-state index in [1.807, 2.05) is 0 Å². The molecule has 0 amide bonds. The molecule has 0 aromatic carbocycles. The van der Waals surface area contributed by atoms with Crippen LogP contribution >= 0.6 is 0 Å². The predicted molar refractivity (Wildman–Crippen MR) is 66.1 cm³/mol. The number of nitrogens with zero attached hydrogens (tertiary/aromatic N) is 2. The van der Waals surface area contributed by atoms with Gasteiger partial charge in [0, 0.05) is 19.1 Å². The standard InChI is InChI=1S/C12H27N3/c1-3-14(4-2)10-7-12-6-5-9-15(12)11-8-13/h12H,3-11,13H2,1-2H3. The van der Waals surface area contributed by atoms with Gasteiger partial charge in [0.05, 0.1) is 0 Å². The second-order valence-corrected chi connectivity index (χ2v) is 4.44. The average Bonchev–Trinajstić information content (AvgIpc) is 2.68. The molecule has 90 valence electrons. The molecule has 0 spiro atoms. The summed E-state index contributed by atoms with van der Waals surface area (Å²) in [6.45, 7) is 11.3. The fourth-order valence-electron chi connectivity index (χ4n) is 2.55. The molecular weight excluding hydrogens is 186 g/mol. The van der Waals surface area contributed by atoms with Gasteiger partial charge in [-0.1, -0.05) is 13.8 Å². The van der Waals surface area contributed by atoms with E-state index < -0.39 is 0 Å². The summed E-state index contributed by atoms with van der Waals surface area (Å²) in [6.07, 6.45) is 4.06. The van der Waals surface area contributed by atoms with Gasteiger partial charge in [-0.15, -0.1) is 0 Å². The van der Waals surface area contributed by atoms with Crippen LogP contribution in [0.15, 0.2) is 0 Å². The summed E-state index contributed by atoms with van der Waals surface area (Å²) in [6, 6.07) is 0.800. The maximum absolute atomic E-state index is 5.63. The summed E-state index contributed by atoms with van der Waals surface area (Å²) < 4.78 is 0. The molecule has 2 N–H and O–H groups in total. The summed E-state index contributed by atoms with van der Waals surface area (Å²) in [7, 11) is 0. The molecule has 1 heterocycles. The minimum Gasteiger partial charge on any atom is -0.329 e. The first-order chi connectivity index (χ1) is 7.31. The maximum Gasteiger partial charge on any atom is 0.0108 e. The molecular formula is C12H27N3. The molecule has 0 aliphatic carbocycles. The van der Waals surface area contributed by atoms with E-state index in [-0.39, 0.29) is 0 Å². The Morgan fingerprint density at radius 3 is 2.67 bits per heavy atom. The second-order valence-electron chi connectivity index (χ2n) is 4.44. The topological polar surface area (TPSA) is 32.5 Å². The number of likely N-dealkylation sites (tertiary alicyclic amines) is 1. The summed E-state index contributed by atoms with van der Waals surface area (Å²) in [5.41, 5.74) is 5.63. The highest BCUT2D eigenvalue weighted by atomic mass is 15.2. The lowest BCUT2D eigenvalue weighted by atomic mass is 10.1. The zero-order chi connectivity index (χ0) is 11.1. The van der Waals surface area contributed by atoms with Crippen LogP contribution < -0.4 is 5.73 Å². The molecule has 0 radical (unpaired) electrons. The molecule has 1 unspecified atom stereocenters. The third-order valence-corrected chi connectivity index (χ3v) is 3.59. The number of rotatable bonds is 7. The van der Waals surface area contributed by atoms with Crippen molar-refractivity contribution in [3.8, 4) is 0 Å². The Morgan fingerprint density at radius 2 is 2.07 bits per heavy atom. The van der Waals surface area contributed by atoms with Crippen molar-refractivity contribution < 1.29 is 0 Å². The molecule has 15 heavy (non-hydrogen) atoms. The number of hydrogen-bond acceptors (Lipinski definition) is 3. The molecule has 0 bridgehead atoms. The van der Waals surface area contributed by atoms with Crippen molar-refractivity contribution >= 4 is 0 Å². The molecule has 1 saturated heterocycles. The van der Waals surface area contributed by atoms with Crippen molar-refractivity contribution in [2.45, 2.75) is 39.2 Å². The van der Waals surface area contributed by atoms with E-state index in [0.29, 0.717) is 0 Å². The third-order valence-electron chi connectivity index (χ3n) is 3.59. The first-order valence-corrected chi connectivity index (χ1v) is 6.48. The van der Waals surface area contributed by atoms with Crippen molar-refractivity contribution in [2.24, 2.45) is 5.73 Å². The molecule has 0 aromatic rings. The quantitative estimate of drug-likeness (QED) is 0.688. The van der Waals surface area contributed by atoms with Crippen LogP contribution in [0.2, 0.25) is 0 Å². The fraction of sp³-hybridized carbons (Fsp3) is 1.00. The van der Waals surface area contributed by atoms with Crippen molar-refractivity contribution in [3.63, 3.8) is 0 Å². The highest BCUT2D eigenvalue weighted by molar-refractivity contribution is 4.80. The van der Waals surface area contributed by atoms with E-state index in [2.05, 4.69) is 23.6 Å². The van der Waals surface area contributed by atoms with Crippen LogP contribution in [0.5, 0.6) is 0 Å². The summed E-state index contributed by atoms with van der Waals surface area (Å²) in [5.74, 6) is 0. The highest BCUT2D eigenvalue weighted by Crippen LogP contribution is 2.19. The molecule has 0 saturated carbocycles. The van der Waals surface area contributed by atoms with E-state index in [4.69, 9.17) is 5.73 Å². The van der Waals surface area contributed by atoms with Gasteiger partial charge in [-0.05, 0) is 45.4 Å². The van der Waals surface area contributed by atoms with Gasteiger partial charge < -0.3 is 10.6 Å². The van der Waals surface area contributed by atoms with Crippen LogP contribution in [-0.4, -0.2) is 55.1 Å². The molecule has 1 aliphatic heterocycles. The Morgan fingerprint density at radius 1 is 1.33 bits per heavy atom. The van der Waals surface area contributed by atoms with Crippen molar-refractivity contribution in [2.75, 3.05) is 39.3 Å². The van der Waals surface area contributed by atoms with Crippen LogP contribution in [0, 0.1) is 0 Å². The van der Waals surface area contributed by atoms with Gasteiger partial charge in [0.1, 0.15) is 0 Å². The molecule has 1 rings (SSSR count). The van der Waals surface area contributed by atoms with Crippen LogP contribution in [0.4, 0.5) is 0 Å². The summed E-state index contributed by atoms with van der Waals surface area (Å²) >= 11 is 0. The normalized spacial score (nSPS) is 22.8. The zero-order valence-corrected chi connectivity index (χ0v) is 10.4. The molecule has 0 aromatic heterocycles. The fourth-order valence-corrected chi connectivity index (χ4v) is 2.55. The number of nitrogens with two attached hydrogens (primary N) is 1. The predicted octanol–water partition coefficient (Wildman–Crippen LogP) is 1.14. The molecule has 3 heteroatoms. The van der Waals surface area contributed by atoms with E-state index in [1.54, 1.807) is 0 Å². The van der Waals surface area contributed by atoms with Crippen molar-refractivity contribution in [1.82, 2.24) is 9.80 Å². The minimum atomic E-state index is 0.800. The average molecular weight is 213 g/mol. The van der Waals surface area contributed by atoms with E-state index in [9.17, 15) is 0 Å². The van der Waals surface area contributed by atoms with Crippen LogP contribution in [-0.2, 0) is 0 Å². The molecule has 1 aliphatic rings. The lowest BCUT2D eigenvalue weighted by Crippen LogP contribution is -2.36. The van der Waals surface area contributed by atoms with Gasteiger partial charge in [-0.25, -0.2) is 0 Å². The Labute approximate surface area is 94.6 Å². The van der Waals surface area contributed by atoms with Crippen LogP contribution in [0.25, 0.3) is 0 Å². The Kier molecular flexibility index (Phi) is 6.22. The van der Waals surface area contributed by atoms with Crippen LogP contribution in [0.3, 0.4) is 0 Å². The number of hydrogen-bond donors (Lipinski definition) is 1. The van der Waals surface area contributed by atoms with E-state index in [0.717, 1.165) is 19.1 Å². The molecule has 1 atom stereocenters. The first-order valence-electron chi connectivity index (χ1n) is 6.48. The monoisotopic (exact) mass is 213 g/mol. The lowest BCUT2D eigenvalue weighted by molar-refractivity contribution is 0.213. The molecule has 1 fully saturated rings. The van der Waals surface area contributed by atoms with Crippen molar-refractivity contribution in [3.05, 3.63) is 0 Å². The smallest absolute Gasteiger partial charge is 0.0108 e. The van der Waals surface area contributed by atoms with Gasteiger partial charge in [0.25, 0.3) is 0 Å².